The molecule has 2 rings (SSSR count). The van der Waals surface area contributed by atoms with E-state index in [-0.39, 0.29) is 5.91 Å². The van der Waals surface area contributed by atoms with Crippen LogP contribution >= 0.6 is 0 Å². The summed E-state index contributed by atoms with van der Waals surface area (Å²) in [5, 5.41) is 2.98. The number of nitrogens with one attached hydrogen (secondary N) is 3. The molecule has 0 fully saturated rings. The van der Waals surface area contributed by atoms with E-state index in [1.54, 1.807) is 18.2 Å². The lowest BCUT2D eigenvalue weighted by atomic mass is 10.1. The number of carbonyl (C=O) groups excluding carboxylic acids is 1. The Hall–Kier alpha value is -3.09. The molecule has 1 aromatic carbocycles. The molecule has 7 heteroatoms. The predicted molar refractivity (Wildman–Crippen MR) is 87.4 cm³/mol. The highest BCUT2D eigenvalue weighted by Crippen LogP contribution is 2.21. The maximum absolute atomic E-state index is 12.1. The first-order valence-corrected chi connectivity index (χ1v) is 6.70. The summed E-state index contributed by atoms with van der Waals surface area (Å²) in [6.45, 7) is 6.00. The summed E-state index contributed by atoms with van der Waals surface area (Å²) in [5.41, 5.74) is 13.0. The Kier molecular flexibility index (Phi) is 4.92. The van der Waals surface area contributed by atoms with Gasteiger partial charge in [0.05, 0.1) is 0 Å². The minimum atomic E-state index is -0.267. The lowest BCUT2D eigenvalue weighted by molar-refractivity contribution is 0.0962. The molecule has 0 aliphatic heterocycles. The Morgan fingerprint density at radius 2 is 2.05 bits per heavy atom. The maximum Gasteiger partial charge on any atom is 0.269 e. The molecule has 7 nitrogen and oxygen atoms in total. The molecule has 0 atom stereocenters. The van der Waals surface area contributed by atoms with Gasteiger partial charge in [-0.25, -0.2) is 9.97 Å². The number of aromatic nitrogens is 2. The van der Waals surface area contributed by atoms with E-state index in [4.69, 9.17) is 5.73 Å². The number of hydrogen-bond donors (Lipinski definition) is 4. The van der Waals surface area contributed by atoms with Crippen LogP contribution in [0.4, 0.5) is 17.3 Å². The number of benzene rings is 1. The Morgan fingerprint density at radius 3 is 2.77 bits per heavy atom. The summed E-state index contributed by atoms with van der Waals surface area (Å²) in [7, 11) is 0. The summed E-state index contributed by atoms with van der Waals surface area (Å²) in [4.78, 5) is 20.2. The first-order valence-electron chi connectivity index (χ1n) is 6.70. The van der Waals surface area contributed by atoms with Crippen molar-refractivity contribution in [2.45, 2.75) is 6.92 Å². The van der Waals surface area contributed by atoms with Crippen molar-refractivity contribution in [2.75, 3.05) is 23.0 Å². The Bertz CT molecular complexity index is 685. The third-order valence-corrected chi connectivity index (χ3v) is 2.98. The van der Waals surface area contributed by atoms with Crippen molar-refractivity contribution in [3.63, 3.8) is 0 Å². The predicted octanol–water partition coefficient (Wildman–Crippen LogP) is 1.72. The molecular formula is C15H18N6O. The van der Waals surface area contributed by atoms with Crippen LogP contribution in [0.2, 0.25) is 0 Å². The Morgan fingerprint density at radius 1 is 1.32 bits per heavy atom. The van der Waals surface area contributed by atoms with Gasteiger partial charge in [0.2, 0.25) is 0 Å². The minimum absolute atomic E-state index is 0.267. The van der Waals surface area contributed by atoms with E-state index in [1.165, 1.54) is 6.33 Å². The van der Waals surface area contributed by atoms with E-state index in [0.717, 1.165) is 5.56 Å². The normalized spacial score (nSPS) is 9.86. The standard InChI is InChI=1S/C15H18N6O/c1-3-8-17-13-12(16)14(19-9-18-13)20-21-15(22)11-7-5-4-6-10(11)2/h3-7,9H,1,8,16H2,2H3,(H,21,22)(H2,17,18,19,20). The van der Waals surface area contributed by atoms with E-state index >= 15 is 0 Å². The highest BCUT2D eigenvalue weighted by molar-refractivity contribution is 5.96. The zero-order chi connectivity index (χ0) is 15.9. The second-order valence-electron chi connectivity index (χ2n) is 4.55. The Labute approximate surface area is 128 Å². The second-order valence-corrected chi connectivity index (χ2v) is 4.55. The van der Waals surface area contributed by atoms with Gasteiger partial charge in [0.1, 0.15) is 12.0 Å². The number of hydrazine groups is 1. The fourth-order valence-electron chi connectivity index (χ4n) is 1.82. The zero-order valence-corrected chi connectivity index (χ0v) is 12.3. The lowest BCUT2D eigenvalue weighted by Crippen LogP contribution is -2.31. The SMILES string of the molecule is C=CCNc1ncnc(NNC(=O)c2ccccc2C)c1N. The molecule has 0 saturated heterocycles. The number of anilines is 3. The summed E-state index contributed by atoms with van der Waals surface area (Å²) in [5.74, 6) is 0.530. The van der Waals surface area contributed by atoms with Gasteiger partial charge in [0.25, 0.3) is 5.91 Å². The number of carbonyl (C=O) groups is 1. The van der Waals surface area contributed by atoms with Crippen LogP contribution < -0.4 is 21.9 Å². The molecule has 0 saturated carbocycles. The lowest BCUT2D eigenvalue weighted by Gasteiger charge is -2.13. The molecule has 0 aliphatic rings. The average Bonchev–Trinajstić information content (AvgIpc) is 2.53. The highest BCUT2D eigenvalue weighted by Gasteiger charge is 2.10. The van der Waals surface area contributed by atoms with E-state index < -0.39 is 0 Å². The van der Waals surface area contributed by atoms with Crippen LogP contribution in [-0.4, -0.2) is 22.4 Å². The maximum atomic E-state index is 12.1. The van der Waals surface area contributed by atoms with Crippen LogP contribution in [0.1, 0.15) is 15.9 Å². The molecule has 1 amide bonds. The first-order chi connectivity index (χ1) is 10.6. The van der Waals surface area contributed by atoms with Gasteiger partial charge in [-0.2, -0.15) is 0 Å². The van der Waals surface area contributed by atoms with Crippen molar-refractivity contribution in [3.05, 3.63) is 54.4 Å². The molecule has 0 radical (unpaired) electrons. The van der Waals surface area contributed by atoms with Crippen molar-refractivity contribution >= 4 is 23.2 Å². The van der Waals surface area contributed by atoms with Crippen LogP contribution in [0.3, 0.4) is 0 Å². The van der Waals surface area contributed by atoms with Crippen molar-refractivity contribution in [2.24, 2.45) is 0 Å². The third kappa shape index (κ3) is 3.51. The molecule has 1 heterocycles. The van der Waals surface area contributed by atoms with Gasteiger partial charge in [0, 0.05) is 12.1 Å². The summed E-state index contributed by atoms with van der Waals surface area (Å²) < 4.78 is 0. The molecular weight excluding hydrogens is 280 g/mol. The third-order valence-electron chi connectivity index (χ3n) is 2.98. The number of hydrogen-bond acceptors (Lipinski definition) is 6. The van der Waals surface area contributed by atoms with E-state index in [1.807, 2.05) is 19.1 Å². The second kappa shape index (κ2) is 7.07. The van der Waals surface area contributed by atoms with E-state index in [0.29, 0.717) is 29.4 Å². The van der Waals surface area contributed by atoms with Gasteiger partial charge >= 0.3 is 0 Å². The first kappa shape index (κ1) is 15.3. The quantitative estimate of drug-likeness (QED) is 0.478. The summed E-state index contributed by atoms with van der Waals surface area (Å²) >= 11 is 0. The number of aryl methyl sites for hydroxylation is 1. The molecule has 0 aliphatic carbocycles. The number of nitrogen functional groups attached to an aromatic ring is 1. The average molecular weight is 298 g/mol. The Balaban J connectivity index is 2.07. The van der Waals surface area contributed by atoms with Gasteiger partial charge in [-0.3, -0.25) is 15.6 Å². The topological polar surface area (TPSA) is 105 Å². The van der Waals surface area contributed by atoms with Crippen LogP contribution in [-0.2, 0) is 0 Å². The number of nitrogens with zero attached hydrogens (tertiary/aromatic N) is 2. The smallest absolute Gasteiger partial charge is 0.269 e. The van der Waals surface area contributed by atoms with Crippen LogP contribution in [0.25, 0.3) is 0 Å². The number of amides is 1. The number of nitrogens with two attached hydrogens (primary N) is 1. The van der Waals surface area contributed by atoms with E-state index in [9.17, 15) is 4.79 Å². The van der Waals surface area contributed by atoms with Crippen LogP contribution in [0.15, 0.2) is 43.2 Å². The fourth-order valence-corrected chi connectivity index (χ4v) is 1.82. The fraction of sp³-hybridized carbons (Fsp3) is 0.133. The van der Waals surface area contributed by atoms with Crippen molar-refractivity contribution in [3.8, 4) is 0 Å². The van der Waals surface area contributed by atoms with Gasteiger partial charge < -0.3 is 11.1 Å². The van der Waals surface area contributed by atoms with E-state index in [2.05, 4.69) is 32.7 Å². The van der Waals surface area contributed by atoms with Gasteiger partial charge in [-0.05, 0) is 18.6 Å². The van der Waals surface area contributed by atoms with Gasteiger partial charge in [-0.15, -0.1) is 6.58 Å². The zero-order valence-electron chi connectivity index (χ0n) is 12.3. The molecule has 22 heavy (non-hydrogen) atoms. The van der Waals surface area contributed by atoms with Crippen LogP contribution in [0.5, 0.6) is 0 Å². The molecule has 1 aromatic heterocycles. The van der Waals surface area contributed by atoms with Crippen molar-refractivity contribution in [1.29, 1.82) is 0 Å². The van der Waals surface area contributed by atoms with Crippen molar-refractivity contribution < 1.29 is 4.79 Å². The molecule has 0 unspecified atom stereocenters. The molecule has 0 spiro atoms. The molecule has 5 N–H and O–H groups in total. The molecule has 114 valence electrons. The van der Waals surface area contributed by atoms with Crippen LogP contribution in [0, 0.1) is 6.92 Å². The minimum Gasteiger partial charge on any atom is -0.393 e. The van der Waals surface area contributed by atoms with Gasteiger partial charge in [-0.1, -0.05) is 24.3 Å². The largest absolute Gasteiger partial charge is 0.393 e. The molecule has 2 aromatic rings. The summed E-state index contributed by atoms with van der Waals surface area (Å²) in [6.07, 6.45) is 3.04. The number of rotatable bonds is 6. The highest BCUT2D eigenvalue weighted by atomic mass is 16.2. The monoisotopic (exact) mass is 298 g/mol. The van der Waals surface area contributed by atoms with Crippen molar-refractivity contribution in [1.82, 2.24) is 15.4 Å². The van der Waals surface area contributed by atoms with Gasteiger partial charge in [0.15, 0.2) is 11.6 Å². The summed E-state index contributed by atoms with van der Waals surface area (Å²) in [6, 6.07) is 7.29. The molecule has 0 bridgehead atoms.